The fraction of sp³-hybridized carbons (Fsp3) is 0.267. The van der Waals surface area contributed by atoms with Crippen molar-refractivity contribution in [2.24, 2.45) is 0 Å². The first kappa shape index (κ1) is 12.4. The van der Waals surface area contributed by atoms with Crippen LogP contribution in [0.3, 0.4) is 0 Å². The van der Waals surface area contributed by atoms with Gasteiger partial charge in [-0.05, 0) is 30.2 Å². The van der Waals surface area contributed by atoms with Gasteiger partial charge in [-0.2, -0.15) is 0 Å². The summed E-state index contributed by atoms with van der Waals surface area (Å²) in [4.78, 5) is 4.36. The van der Waals surface area contributed by atoms with Crippen LogP contribution in [0.15, 0.2) is 42.5 Å². The minimum absolute atomic E-state index is 0.649. The second kappa shape index (κ2) is 6.05. The van der Waals surface area contributed by atoms with Gasteiger partial charge in [0.05, 0.1) is 19.3 Å². The Hall–Kier alpha value is -2.03. The van der Waals surface area contributed by atoms with E-state index in [0.717, 1.165) is 17.8 Å². The number of nitrogens with one attached hydrogen (secondary N) is 1. The van der Waals surface area contributed by atoms with Gasteiger partial charge < -0.3 is 10.1 Å². The van der Waals surface area contributed by atoms with Gasteiger partial charge in [-0.3, -0.25) is 0 Å². The van der Waals surface area contributed by atoms with Crippen LogP contribution in [0.25, 0.3) is 0 Å². The fourth-order valence-corrected chi connectivity index (χ4v) is 1.72. The normalized spacial score (nSPS) is 10.1. The summed E-state index contributed by atoms with van der Waals surface area (Å²) in [5.74, 6) is 0.649. The van der Waals surface area contributed by atoms with Gasteiger partial charge in [0, 0.05) is 11.8 Å². The number of nitrogens with zero attached hydrogens (tertiary/aromatic N) is 1. The van der Waals surface area contributed by atoms with E-state index >= 15 is 0 Å². The van der Waals surface area contributed by atoms with Crippen LogP contribution in [0.2, 0.25) is 0 Å². The third-order valence-corrected chi connectivity index (χ3v) is 2.83. The molecule has 1 aromatic carbocycles. The van der Waals surface area contributed by atoms with Crippen molar-refractivity contribution in [3.63, 3.8) is 0 Å². The Morgan fingerprint density at radius 3 is 2.56 bits per heavy atom. The summed E-state index contributed by atoms with van der Waals surface area (Å²) >= 11 is 0. The predicted molar refractivity (Wildman–Crippen MR) is 73.9 cm³/mol. The molecule has 0 radical (unpaired) electrons. The molecular formula is C15H18N2O. The molecule has 0 fully saturated rings. The molecule has 18 heavy (non-hydrogen) atoms. The standard InChI is InChI=1S/C15H18N2O/c1-3-12-7-9-13(10-8-12)16-11-14-5-4-6-15(17-14)18-2/h4-10,16H,3,11H2,1-2H3. The molecule has 3 heteroatoms. The average Bonchev–Trinajstić information content (AvgIpc) is 2.46. The molecule has 0 bridgehead atoms. The Morgan fingerprint density at radius 1 is 1.11 bits per heavy atom. The van der Waals surface area contributed by atoms with Gasteiger partial charge in [0.1, 0.15) is 0 Å². The van der Waals surface area contributed by atoms with Crippen LogP contribution in [0.1, 0.15) is 18.2 Å². The third kappa shape index (κ3) is 3.23. The number of methoxy groups -OCH3 is 1. The van der Waals surface area contributed by atoms with Crippen LogP contribution in [0.5, 0.6) is 5.88 Å². The van der Waals surface area contributed by atoms with Gasteiger partial charge in [0.2, 0.25) is 5.88 Å². The van der Waals surface area contributed by atoms with Crippen molar-refractivity contribution in [1.29, 1.82) is 0 Å². The molecule has 3 nitrogen and oxygen atoms in total. The highest BCUT2D eigenvalue weighted by Gasteiger charge is 1.98. The molecule has 0 spiro atoms. The summed E-state index contributed by atoms with van der Waals surface area (Å²) in [6.07, 6.45) is 1.07. The number of aromatic nitrogens is 1. The second-order valence-electron chi connectivity index (χ2n) is 4.08. The number of pyridine rings is 1. The van der Waals surface area contributed by atoms with Crippen LogP contribution >= 0.6 is 0 Å². The quantitative estimate of drug-likeness (QED) is 0.873. The van der Waals surface area contributed by atoms with Crippen molar-refractivity contribution in [3.8, 4) is 5.88 Å². The van der Waals surface area contributed by atoms with Crippen LogP contribution in [0, 0.1) is 0 Å². The molecule has 0 aliphatic rings. The van der Waals surface area contributed by atoms with E-state index in [1.54, 1.807) is 7.11 Å². The van der Waals surface area contributed by atoms with E-state index in [2.05, 4.69) is 41.5 Å². The van der Waals surface area contributed by atoms with Crippen LogP contribution in [-0.4, -0.2) is 12.1 Å². The van der Waals surface area contributed by atoms with Gasteiger partial charge in [-0.15, -0.1) is 0 Å². The number of hydrogen-bond donors (Lipinski definition) is 1. The Morgan fingerprint density at radius 2 is 1.89 bits per heavy atom. The lowest BCUT2D eigenvalue weighted by molar-refractivity contribution is 0.396. The summed E-state index contributed by atoms with van der Waals surface area (Å²) in [7, 11) is 1.63. The lowest BCUT2D eigenvalue weighted by atomic mass is 10.1. The minimum atomic E-state index is 0.649. The van der Waals surface area contributed by atoms with E-state index in [-0.39, 0.29) is 0 Å². The van der Waals surface area contributed by atoms with Gasteiger partial charge in [-0.25, -0.2) is 4.98 Å². The molecule has 1 heterocycles. The van der Waals surface area contributed by atoms with Crippen molar-refractivity contribution >= 4 is 5.69 Å². The van der Waals surface area contributed by atoms with Gasteiger partial charge in [-0.1, -0.05) is 25.1 Å². The number of hydrogen-bond acceptors (Lipinski definition) is 3. The second-order valence-corrected chi connectivity index (χ2v) is 4.08. The molecule has 0 unspecified atom stereocenters. The zero-order chi connectivity index (χ0) is 12.8. The molecule has 0 atom stereocenters. The maximum Gasteiger partial charge on any atom is 0.213 e. The number of ether oxygens (including phenoxy) is 1. The highest BCUT2D eigenvalue weighted by atomic mass is 16.5. The lowest BCUT2D eigenvalue weighted by Gasteiger charge is -2.07. The largest absolute Gasteiger partial charge is 0.481 e. The zero-order valence-electron chi connectivity index (χ0n) is 10.8. The van der Waals surface area contributed by atoms with E-state index < -0.39 is 0 Å². The van der Waals surface area contributed by atoms with E-state index in [1.807, 2.05) is 18.2 Å². The molecule has 0 aliphatic heterocycles. The molecule has 94 valence electrons. The molecule has 0 saturated heterocycles. The maximum absolute atomic E-state index is 5.10. The monoisotopic (exact) mass is 242 g/mol. The molecule has 0 saturated carbocycles. The van der Waals surface area contributed by atoms with Crippen LogP contribution < -0.4 is 10.1 Å². The smallest absolute Gasteiger partial charge is 0.213 e. The molecular weight excluding hydrogens is 224 g/mol. The molecule has 2 rings (SSSR count). The van der Waals surface area contributed by atoms with Crippen molar-refractivity contribution < 1.29 is 4.74 Å². The number of benzene rings is 1. The third-order valence-electron chi connectivity index (χ3n) is 2.83. The Labute approximate surface area is 108 Å². The first-order valence-electron chi connectivity index (χ1n) is 6.14. The summed E-state index contributed by atoms with van der Waals surface area (Å²) in [5.41, 5.74) is 3.42. The first-order valence-corrected chi connectivity index (χ1v) is 6.14. The molecule has 0 amide bonds. The highest BCUT2D eigenvalue weighted by molar-refractivity contribution is 5.44. The van der Waals surface area contributed by atoms with Crippen molar-refractivity contribution in [2.45, 2.75) is 19.9 Å². The summed E-state index contributed by atoms with van der Waals surface area (Å²) in [5, 5.41) is 3.35. The summed E-state index contributed by atoms with van der Waals surface area (Å²) < 4.78 is 5.10. The Bertz CT molecular complexity index is 494. The van der Waals surface area contributed by atoms with Crippen molar-refractivity contribution in [1.82, 2.24) is 4.98 Å². The van der Waals surface area contributed by atoms with E-state index in [1.165, 1.54) is 5.56 Å². The van der Waals surface area contributed by atoms with E-state index in [4.69, 9.17) is 4.74 Å². The Kier molecular flexibility index (Phi) is 4.18. The molecule has 1 aromatic heterocycles. The number of anilines is 1. The van der Waals surface area contributed by atoms with Crippen molar-refractivity contribution in [3.05, 3.63) is 53.7 Å². The fourth-order valence-electron chi connectivity index (χ4n) is 1.72. The highest BCUT2D eigenvalue weighted by Crippen LogP contribution is 2.12. The number of aryl methyl sites for hydroxylation is 1. The SMILES string of the molecule is CCc1ccc(NCc2cccc(OC)n2)cc1. The minimum Gasteiger partial charge on any atom is -0.481 e. The first-order chi connectivity index (χ1) is 8.81. The lowest BCUT2D eigenvalue weighted by Crippen LogP contribution is -2.02. The maximum atomic E-state index is 5.10. The van der Waals surface area contributed by atoms with Crippen molar-refractivity contribution in [2.75, 3.05) is 12.4 Å². The molecule has 1 N–H and O–H groups in total. The molecule has 2 aromatic rings. The van der Waals surface area contributed by atoms with E-state index in [0.29, 0.717) is 12.4 Å². The predicted octanol–water partition coefficient (Wildman–Crippen LogP) is 3.26. The Balaban J connectivity index is 1.97. The van der Waals surface area contributed by atoms with Gasteiger partial charge in [0.25, 0.3) is 0 Å². The number of rotatable bonds is 5. The van der Waals surface area contributed by atoms with E-state index in [9.17, 15) is 0 Å². The topological polar surface area (TPSA) is 34.1 Å². The summed E-state index contributed by atoms with van der Waals surface area (Å²) in [6.45, 7) is 2.85. The zero-order valence-corrected chi connectivity index (χ0v) is 10.8. The van der Waals surface area contributed by atoms with Gasteiger partial charge >= 0.3 is 0 Å². The molecule has 0 aliphatic carbocycles. The average molecular weight is 242 g/mol. The van der Waals surface area contributed by atoms with Crippen LogP contribution in [0.4, 0.5) is 5.69 Å². The van der Waals surface area contributed by atoms with Crippen LogP contribution in [-0.2, 0) is 13.0 Å². The van der Waals surface area contributed by atoms with Gasteiger partial charge in [0.15, 0.2) is 0 Å². The summed E-state index contributed by atoms with van der Waals surface area (Å²) in [6, 6.07) is 14.2.